The normalized spacial score (nSPS) is 29.5. The Bertz CT molecular complexity index is 2040. The first-order chi connectivity index (χ1) is 28.8. The van der Waals surface area contributed by atoms with Crippen molar-refractivity contribution in [2.45, 2.75) is 92.5 Å². The van der Waals surface area contributed by atoms with Gasteiger partial charge in [0.1, 0.15) is 30.0 Å². The van der Waals surface area contributed by atoms with Crippen LogP contribution in [0, 0.1) is 30.6 Å². The predicted octanol–water partition coefficient (Wildman–Crippen LogP) is 5.16. The van der Waals surface area contributed by atoms with Gasteiger partial charge >= 0.3 is 11.8 Å². The van der Waals surface area contributed by atoms with Crippen LogP contribution in [-0.2, 0) is 38.1 Å². The number of phenolic OH excluding ortho intramolecular Hbond substituents is 3. The number of allylic oxidation sites excluding steroid dienone is 2. The van der Waals surface area contributed by atoms with Crippen molar-refractivity contribution in [2.24, 2.45) is 28.8 Å². The topological polar surface area (TPSA) is 241 Å². The zero-order chi connectivity index (χ0) is 45.3. The van der Waals surface area contributed by atoms with Crippen molar-refractivity contribution in [1.82, 2.24) is 0 Å². The molecule has 3 aliphatic rings. The Kier molecular flexibility index (Phi) is 16.7. The zero-order valence-electron chi connectivity index (χ0n) is 36.4. The van der Waals surface area contributed by atoms with Crippen molar-refractivity contribution < 1.29 is 73.2 Å². The van der Waals surface area contributed by atoms with Crippen LogP contribution in [0.2, 0.25) is 0 Å². The molecule has 336 valence electrons. The van der Waals surface area contributed by atoms with E-state index in [9.17, 15) is 39.9 Å². The first-order valence-corrected chi connectivity index (χ1v) is 20.2. The number of fused-ring (bicyclic) bond motifs is 14. The molecule has 0 radical (unpaired) electrons. The summed E-state index contributed by atoms with van der Waals surface area (Å²) < 4.78 is 34.2. The minimum Gasteiger partial charge on any atom is -0.507 e. The number of esters is 1. The lowest BCUT2D eigenvalue weighted by Gasteiger charge is -2.38. The fourth-order valence-electron chi connectivity index (χ4n) is 7.48. The number of hydrogen-bond acceptors (Lipinski definition) is 16. The molecule has 0 spiro atoms. The number of aliphatic hydroxyl groups excluding tert-OH is 2. The molecular weight excluding hydrogens is 796 g/mol. The van der Waals surface area contributed by atoms with Gasteiger partial charge in [-0.3, -0.25) is 14.4 Å². The lowest BCUT2D eigenvalue weighted by molar-refractivity contribution is -0.160. The van der Waals surface area contributed by atoms with E-state index >= 15 is 0 Å². The van der Waals surface area contributed by atoms with Crippen LogP contribution >= 0.6 is 0 Å². The summed E-state index contributed by atoms with van der Waals surface area (Å²) >= 11 is 0. The molecule has 2 aromatic carbocycles. The molecule has 0 aliphatic carbocycles. The summed E-state index contributed by atoms with van der Waals surface area (Å²) in [5, 5.41) is 64.0. The van der Waals surface area contributed by atoms with Crippen molar-refractivity contribution in [3.05, 3.63) is 52.8 Å². The van der Waals surface area contributed by atoms with Crippen molar-refractivity contribution in [3.8, 4) is 23.0 Å². The molecule has 5 bridgehead atoms. The van der Waals surface area contributed by atoms with Crippen LogP contribution in [0.3, 0.4) is 0 Å². The molecule has 0 fully saturated rings. The van der Waals surface area contributed by atoms with E-state index in [0.717, 1.165) is 6.21 Å². The number of nitrogens with zero attached hydrogens (tertiary/aromatic N) is 1. The van der Waals surface area contributed by atoms with Gasteiger partial charge in [-0.15, -0.1) is 0 Å². The van der Waals surface area contributed by atoms with Gasteiger partial charge < -0.3 is 64.1 Å². The third-order valence-electron chi connectivity index (χ3n) is 11.2. The summed E-state index contributed by atoms with van der Waals surface area (Å²) in [5.41, 5.74) is -0.733. The number of oxime groups is 1. The van der Waals surface area contributed by atoms with E-state index in [1.54, 1.807) is 39.8 Å². The first kappa shape index (κ1) is 48.5. The minimum absolute atomic E-state index is 0.0132. The molecule has 17 heteroatoms. The van der Waals surface area contributed by atoms with E-state index in [1.165, 1.54) is 53.2 Å². The van der Waals surface area contributed by atoms with E-state index in [1.807, 2.05) is 6.92 Å². The summed E-state index contributed by atoms with van der Waals surface area (Å²) in [4.78, 5) is 45.7. The van der Waals surface area contributed by atoms with E-state index in [2.05, 4.69) is 10.5 Å². The maximum atomic E-state index is 14.4. The van der Waals surface area contributed by atoms with Crippen LogP contribution in [0.1, 0.15) is 76.9 Å². The highest BCUT2D eigenvalue weighted by atomic mass is 16.7. The molecular formula is C44H60N2O15. The monoisotopic (exact) mass is 856 g/mol. The Morgan fingerprint density at radius 2 is 1.59 bits per heavy atom. The number of ketones is 1. The van der Waals surface area contributed by atoms with Gasteiger partial charge in [0.2, 0.25) is 0 Å². The molecule has 5 rings (SSSR count). The highest BCUT2D eigenvalue weighted by Crippen LogP contribution is 2.55. The van der Waals surface area contributed by atoms with Crippen molar-refractivity contribution >= 4 is 40.3 Å². The first-order valence-electron chi connectivity index (χ1n) is 20.2. The van der Waals surface area contributed by atoms with Gasteiger partial charge in [0, 0.05) is 67.8 Å². The fourth-order valence-corrected chi connectivity index (χ4v) is 7.48. The molecule has 9 atom stereocenters. The van der Waals surface area contributed by atoms with E-state index < -0.39 is 88.8 Å². The number of amides is 1. The highest BCUT2D eigenvalue weighted by Gasteiger charge is 2.50. The van der Waals surface area contributed by atoms with Crippen LogP contribution in [0.15, 0.2) is 41.3 Å². The number of nitrogens with one attached hydrogen (secondary N) is 1. The molecule has 3 heterocycles. The maximum Gasteiger partial charge on any atom is 0.312 e. The number of Topliss-reactive ketones (excluding diaryl/α,β-unsaturated/α-hetero) is 1. The van der Waals surface area contributed by atoms with Gasteiger partial charge in [0.05, 0.1) is 72.8 Å². The Morgan fingerprint density at radius 1 is 0.918 bits per heavy atom. The number of benzene rings is 2. The number of methoxy groups -OCH3 is 1. The summed E-state index contributed by atoms with van der Waals surface area (Å²) in [6, 6.07) is 0. The third-order valence-corrected chi connectivity index (χ3v) is 11.2. The molecule has 17 nitrogen and oxygen atoms in total. The zero-order valence-corrected chi connectivity index (χ0v) is 36.4. The second-order valence-corrected chi connectivity index (χ2v) is 15.5. The summed E-state index contributed by atoms with van der Waals surface area (Å²) in [7, 11) is 1.42. The smallest absolute Gasteiger partial charge is 0.312 e. The molecule has 3 aliphatic heterocycles. The lowest BCUT2D eigenvalue weighted by atomic mass is 9.78. The summed E-state index contributed by atoms with van der Waals surface area (Å²) in [6.07, 6.45) is 4.39. The van der Waals surface area contributed by atoms with Gasteiger partial charge in [-0.2, -0.15) is 0 Å². The predicted molar refractivity (Wildman–Crippen MR) is 225 cm³/mol. The third kappa shape index (κ3) is 10.6. The number of carbonyl (C=O) groups is 3. The van der Waals surface area contributed by atoms with Crippen LogP contribution < -0.4 is 10.1 Å². The Balaban J connectivity index is 1.90. The van der Waals surface area contributed by atoms with Crippen molar-refractivity contribution in [1.29, 1.82) is 0 Å². The van der Waals surface area contributed by atoms with Crippen molar-refractivity contribution in [2.75, 3.05) is 45.5 Å². The number of aromatic hydroxyl groups is 3. The Morgan fingerprint density at radius 3 is 2.25 bits per heavy atom. The molecule has 0 aromatic heterocycles. The molecule has 61 heavy (non-hydrogen) atoms. The SMILES string of the molecule is CCOCCOCCO/N=C/c1c2c(O)c3c(O)c(C)c4c(c3c1O)C(=O)[C@@](C)(O/C=C/[C@H](OC)[C@@H](C)[C@@H](OC(C)=O)[C@H](C)[C@H](O)[C@H](C)[C@@H](O)[C@@H](C)/C=C/C=C(/C)C(=O)N2)O4. The number of aliphatic hydroxyl groups is 2. The number of rotatable bonds is 11. The van der Waals surface area contributed by atoms with Gasteiger partial charge in [-0.1, -0.05) is 51.1 Å². The second kappa shape index (κ2) is 21.1. The average molecular weight is 857 g/mol. The Hall–Kier alpha value is -5.20. The van der Waals surface area contributed by atoms with Gasteiger partial charge in [0.15, 0.2) is 5.75 Å². The van der Waals surface area contributed by atoms with E-state index in [-0.39, 0.29) is 57.7 Å². The number of hydrogen-bond donors (Lipinski definition) is 6. The molecule has 0 unspecified atom stereocenters. The fraction of sp³-hybridized carbons (Fsp3) is 0.545. The van der Waals surface area contributed by atoms with E-state index in [4.69, 9.17) is 33.3 Å². The molecule has 0 saturated carbocycles. The average Bonchev–Trinajstić information content (AvgIpc) is 3.49. The van der Waals surface area contributed by atoms with Crippen LogP contribution in [0.4, 0.5) is 5.69 Å². The maximum absolute atomic E-state index is 14.4. The van der Waals surface area contributed by atoms with Gasteiger partial charge in [-0.05, 0) is 26.8 Å². The summed E-state index contributed by atoms with van der Waals surface area (Å²) in [5.74, 6) is -8.83. The largest absolute Gasteiger partial charge is 0.507 e. The number of carbonyl (C=O) groups excluding carboxylic acids is 3. The van der Waals surface area contributed by atoms with Gasteiger partial charge in [0.25, 0.3) is 11.7 Å². The Labute approximate surface area is 355 Å². The lowest BCUT2D eigenvalue weighted by Crippen LogP contribution is -2.46. The number of ether oxygens (including phenoxy) is 6. The molecule has 1 amide bonds. The minimum atomic E-state index is -2.08. The number of anilines is 1. The van der Waals surface area contributed by atoms with Gasteiger partial charge in [-0.25, -0.2) is 0 Å². The standard InChI is InChI=1S/C44H60N2O15/c1-11-56-17-18-57-19-20-59-45-21-29-34-39(52)32-31(38(29)51)33-41(27(7)37(32)50)61-44(9,42(33)53)58-16-15-30(55-10)24(4)40(60-28(8)47)26(6)36(49)25(5)35(48)22(2)13-12-14-23(3)43(54)46-34/h12-16,21-22,24-26,30,35-36,40,48-52H,11,17-20H2,1-10H3,(H,46,54)/b13-12+,16-15+,23-14-,45-21+/t22-,24+,25+,26+,30-,35-,36+,40+,44-/m0/s1. The van der Waals surface area contributed by atoms with E-state index in [0.29, 0.717) is 19.8 Å². The summed E-state index contributed by atoms with van der Waals surface area (Å²) in [6.45, 7) is 15.6. The second-order valence-electron chi connectivity index (χ2n) is 15.5. The highest BCUT2D eigenvalue weighted by molar-refractivity contribution is 6.23. The molecule has 0 saturated heterocycles. The molecule has 6 N–H and O–H groups in total. The molecule has 2 aromatic rings. The van der Waals surface area contributed by atoms with Crippen LogP contribution in [0.5, 0.6) is 23.0 Å². The van der Waals surface area contributed by atoms with Crippen LogP contribution in [0.25, 0.3) is 10.8 Å². The quantitative estimate of drug-likeness (QED) is 0.0427. The van der Waals surface area contributed by atoms with Crippen molar-refractivity contribution in [3.63, 3.8) is 0 Å². The van der Waals surface area contributed by atoms with Crippen LogP contribution in [-0.4, -0.2) is 120 Å². The number of phenols is 3.